The molecule has 0 saturated carbocycles. The fourth-order valence-electron chi connectivity index (χ4n) is 3.49. The summed E-state index contributed by atoms with van der Waals surface area (Å²) in [6.45, 7) is 6.98. The van der Waals surface area contributed by atoms with Gasteiger partial charge in [0.25, 0.3) is 0 Å². The zero-order valence-corrected chi connectivity index (χ0v) is 15.4. The van der Waals surface area contributed by atoms with Crippen LogP contribution in [0.3, 0.4) is 0 Å². The Balaban J connectivity index is 0.00000147. The van der Waals surface area contributed by atoms with Gasteiger partial charge in [-0.25, -0.2) is 18.1 Å². The Morgan fingerprint density at radius 2 is 1.80 bits per heavy atom. The van der Waals surface area contributed by atoms with Crippen molar-refractivity contribution in [2.24, 2.45) is 0 Å². The number of benzene rings is 2. The van der Waals surface area contributed by atoms with E-state index in [1.165, 1.54) is 21.9 Å². The summed E-state index contributed by atoms with van der Waals surface area (Å²) in [6.07, 6.45) is 6.91. The van der Waals surface area contributed by atoms with Crippen LogP contribution in [0, 0.1) is 5.92 Å². The molecule has 2 aromatic rings. The molecule has 0 nitrogen and oxygen atoms in total. The summed E-state index contributed by atoms with van der Waals surface area (Å²) in [5.41, 5.74) is 3.09. The Labute approximate surface area is 147 Å². The molecule has 101 valence electrons. The zero-order chi connectivity index (χ0) is 13.5. The second kappa shape index (κ2) is 6.04. The van der Waals surface area contributed by atoms with Crippen LogP contribution in [0.2, 0.25) is 0 Å². The Morgan fingerprint density at radius 1 is 1.05 bits per heavy atom. The van der Waals surface area contributed by atoms with Crippen LogP contribution in [0.25, 0.3) is 16.8 Å². The van der Waals surface area contributed by atoms with Gasteiger partial charge in [-0.15, -0.1) is 12.0 Å². The topological polar surface area (TPSA) is 0 Å². The minimum Gasteiger partial charge on any atom is -0.224 e. The maximum atomic E-state index is 2.40. The average molecular weight is 338 g/mol. The molecule has 0 heterocycles. The summed E-state index contributed by atoms with van der Waals surface area (Å²) in [5, 5.41) is 2.77. The van der Waals surface area contributed by atoms with E-state index in [0.29, 0.717) is 0 Å². The van der Waals surface area contributed by atoms with Crippen molar-refractivity contribution in [3.05, 3.63) is 59.5 Å². The van der Waals surface area contributed by atoms with Gasteiger partial charge in [-0.2, -0.15) is 0 Å². The molecule has 1 aliphatic rings. The van der Waals surface area contributed by atoms with Crippen LogP contribution < -0.4 is 0 Å². The third-order valence-corrected chi connectivity index (χ3v) is 4.77. The molecule has 0 spiro atoms. The molecule has 1 unspecified atom stereocenters. The smallest absolute Gasteiger partial charge is 0 e. The minimum atomic E-state index is 0. The van der Waals surface area contributed by atoms with Gasteiger partial charge in [0.2, 0.25) is 0 Å². The van der Waals surface area contributed by atoms with Crippen molar-refractivity contribution in [3.8, 4) is 0 Å². The monoisotopic (exact) mass is 338 g/mol. The predicted octanol–water partition coefficient (Wildman–Crippen LogP) is 5.52. The molecule has 0 amide bonds. The van der Waals surface area contributed by atoms with Crippen LogP contribution in [0.15, 0.2) is 42.5 Å². The molecule has 1 atom stereocenters. The summed E-state index contributed by atoms with van der Waals surface area (Å²) in [5.74, 6) is 1.55. The fourth-order valence-corrected chi connectivity index (χ4v) is 3.49. The second-order valence-electron chi connectivity index (χ2n) is 5.65. The molecule has 0 N–H and O–H groups in total. The first-order chi connectivity index (χ1) is 9.20. The van der Waals surface area contributed by atoms with Gasteiger partial charge in [-0.1, -0.05) is 74.6 Å². The summed E-state index contributed by atoms with van der Waals surface area (Å²) in [6, 6.07) is 13.3. The van der Waals surface area contributed by atoms with Gasteiger partial charge in [0.15, 0.2) is 0 Å². The number of allylic oxidation sites excluding steroid dienone is 1. The first kappa shape index (κ1) is 15.8. The molecular formula is C19H21Y-. The zero-order valence-electron chi connectivity index (χ0n) is 12.6. The summed E-state index contributed by atoms with van der Waals surface area (Å²) in [7, 11) is 0. The van der Waals surface area contributed by atoms with E-state index in [1.807, 2.05) is 0 Å². The number of hydrogen-bond donors (Lipinski definition) is 0. The molecular weight excluding hydrogens is 317 g/mol. The Bertz CT molecular complexity index is 641. The van der Waals surface area contributed by atoms with Crippen molar-refractivity contribution in [2.45, 2.75) is 39.0 Å². The minimum absolute atomic E-state index is 0. The van der Waals surface area contributed by atoms with Crippen molar-refractivity contribution in [2.75, 3.05) is 0 Å². The van der Waals surface area contributed by atoms with Gasteiger partial charge in [0.05, 0.1) is 0 Å². The third-order valence-electron chi connectivity index (χ3n) is 4.77. The van der Waals surface area contributed by atoms with Crippen molar-refractivity contribution in [1.29, 1.82) is 0 Å². The van der Waals surface area contributed by atoms with Crippen molar-refractivity contribution >= 4 is 16.8 Å². The van der Waals surface area contributed by atoms with Gasteiger partial charge in [-0.05, 0) is 10.8 Å². The van der Waals surface area contributed by atoms with Gasteiger partial charge in [0, 0.05) is 32.7 Å². The van der Waals surface area contributed by atoms with Crippen molar-refractivity contribution < 1.29 is 32.7 Å². The molecule has 0 bridgehead atoms. The van der Waals surface area contributed by atoms with Crippen LogP contribution in [0.1, 0.15) is 44.7 Å². The van der Waals surface area contributed by atoms with E-state index in [1.54, 1.807) is 5.92 Å². The molecule has 1 radical (unpaired) electrons. The van der Waals surface area contributed by atoms with Gasteiger partial charge >= 0.3 is 0 Å². The SMILES string of the molecule is CC[C-]1C=Cc2ccc3ccccc3c2C1(C)CC.[Y]. The largest absolute Gasteiger partial charge is 0.224 e. The maximum Gasteiger partial charge on any atom is 0 e. The summed E-state index contributed by atoms with van der Waals surface area (Å²) >= 11 is 0. The summed E-state index contributed by atoms with van der Waals surface area (Å²) in [4.78, 5) is 0. The normalized spacial score (nSPS) is 20.6. The van der Waals surface area contributed by atoms with Gasteiger partial charge in [0.1, 0.15) is 0 Å². The molecule has 1 heteroatoms. The standard InChI is InChI=1S/C19H21.Y/c1-4-16-13-12-15-11-10-14-8-6-7-9-17(14)18(15)19(16,3)5-2;/h6-13H,4-5H2,1-3H3;/q-1;. The van der Waals surface area contributed by atoms with Crippen LogP contribution in [-0.2, 0) is 38.1 Å². The molecule has 20 heavy (non-hydrogen) atoms. The quantitative estimate of drug-likeness (QED) is 0.633. The number of hydrogen-bond acceptors (Lipinski definition) is 0. The van der Waals surface area contributed by atoms with E-state index in [2.05, 4.69) is 69.3 Å². The maximum absolute atomic E-state index is 2.40. The van der Waals surface area contributed by atoms with E-state index in [0.717, 1.165) is 12.8 Å². The van der Waals surface area contributed by atoms with Crippen LogP contribution in [-0.4, -0.2) is 0 Å². The molecule has 3 rings (SSSR count). The first-order valence-corrected chi connectivity index (χ1v) is 7.27. The van der Waals surface area contributed by atoms with Crippen LogP contribution in [0.4, 0.5) is 0 Å². The molecule has 0 fully saturated rings. The van der Waals surface area contributed by atoms with E-state index >= 15 is 0 Å². The fraction of sp³-hybridized carbons (Fsp3) is 0.316. The molecule has 2 aromatic carbocycles. The average Bonchev–Trinajstić information content (AvgIpc) is 2.47. The summed E-state index contributed by atoms with van der Waals surface area (Å²) < 4.78 is 0. The molecule has 1 aliphatic carbocycles. The predicted molar refractivity (Wildman–Crippen MR) is 84.2 cm³/mol. The van der Waals surface area contributed by atoms with Gasteiger partial charge < -0.3 is 0 Å². The number of rotatable bonds is 2. The van der Waals surface area contributed by atoms with Crippen molar-refractivity contribution in [1.82, 2.24) is 0 Å². The first-order valence-electron chi connectivity index (χ1n) is 7.27. The molecule has 0 saturated heterocycles. The molecule has 0 aromatic heterocycles. The second-order valence-corrected chi connectivity index (χ2v) is 5.65. The third kappa shape index (κ3) is 2.27. The van der Waals surface area contributed by atoms with E-state index < -0.39 is 0 Å². The van der Waals surface area contributed by atoms with E-state index in [-0.39, 0.29) is 38.1 Å². The van der Waals surface area contributed by atoms with E-state index in [9.17, 15) is 0 Å². The van der Waals surface area contributed by atoms with Crippen molar-refractivity contribution in [3.63, 3.8) is 0 Å². The number of fused-ring (bicyclic) bond motifs is 3. The van der Waals surface area contributed by atoms with E-state index in [4.69, 9.17) is 0 Å². The Kier molecular flexibility index (Phi) is 4.77. The van der Waals surface area contributed by atoms with Crippen LogP contribution >= 0.6 is 0 Å². The Hall–Kier alpha value is -0.586. The van der Waals surface area contributed by atoms with Gasteiger partial charge in [-0.3, -0.25) is 0 Å². The van der Waals surface area contributed by atoms with Crippen LogP contribution in [0.5, 0.6) is 0 Å². The molecule has 0 aliphatic heterocycles. The Morgan fingerprint density at radius 3 is 2.50 bits per heavy atom.